The molecule has 24 heavy (non-hydrogen) atoms. The van der Waals surface area contributed by atoms with Crippen molar-refractivity contribution in [1.29, 1.82) is 0 Å². The molecule has 3 aliphatic rings. The van der Waals surface area contributed by atoms with Gasteiger partial charge in [0.2, 0.25) is 5.91 Å². The fourth-order valence-electron chi connectivity index (χ4n) is 3.57. The van der Waals surface area contributed by atoms with Crippen LogP contribution in [0.25, 0.3) is 0 Å². The predicted octanol–water partition coefficient (Wildman–Crippen LogP) is 3.92. The first kappa shape index (κ1) is 16.1. The van der Waals surface area contributed by atoms with E-state index in [4.69, 9.17) is 0 Å². The molecule has 2 amide bonds. The van der Waals surface area contributed by atoms with Crippen molar-refractivity contribution in [1.82, 2.24) is 5.32 Å². The van der Waals surface area contributed by atoms with Crippen molar-refractivity contribution in [3.63, 3.8) is 0 Å². The molecule has 1 heterocycles. The average Bonchev–Trinajstić information content (AvgIpc) is 3.45. The molecule has 5 heteroatoms. The fourth-order valence-corrected chi connectivity index (χ4v) is 4.89. The first-order valence-corrected chi connectivity index (χ1v) is 10.1. The zero-order valence-electron chi connectivity index (χ0n) is 14.5. The maximum absolute atomic E-state index is 12.9. The number of thiophene rings is 1. The number of amides is 2. The highest BCUT2D eigenvalue weighted by atomic mass is 32.1. The normalized spacial score (nSPS) is 25.9. The molecule has 0 aliphatic heterocycles. The number of anilines is 1. The van der Waals surface area contributed by atoms with Crippen molar-refractivity contribution in [3.8, 4) is 0 Å². The van der Waals surface area contributed by atoms with Crippen LogP contribution in [0.4, 0.5) is 5.00 Å². The lowest BCUT2D eigenvalue weighted by Crippen LogP contribution is -2.29. The van der Waals surface area contributed by atoms with Crippen LogP contribution in [0.1, 0.15) is 72.7 Å². The molecule has 2 atom stereocenters. The lowest BCUT2D eigenvalue weighted by Gasteiger charge is -2.27. The number of rotatable bonds is 5. The summed E-state index contributed by atoms with van der Waals surface area (Å²) in [6, 6.07) is 0. The zero-order valence-corrected chi connectivity index (χ0v) is 15.3. The van der Waals surface area contributed by atoms with Crippen LogP contribution in [-0.2, 0) is 11.2 Å². The van der Waals surface area contributed by atoms with Gasteiger partial charge in [-0.25, -0.2) is 0 Å². The molecule has 4 nitrogen and oxygen atoms in total. The quantitative estimate of drug-likeness (QED) is 0.849. The summed E-state index contributed by atoms with van der Waals surface area (Å²) in [4.78, 5) is 26.4. The summed E-state index contributed by atoms with van der Waals surface area (Å²) in [7, 11) is 0. The van der Waals surface area contributed by atoms with E-state index in [2.05, 4.69) is 24.5 Å². The van der Waals surface area contributed by atoms with Crippen molar-refractivity contribution in [2.75, 3.05) is 11.9 Å². The molecule has 0 spiro atoms. The van der Waals surface area contributed by atoms with Gasteiger partial charge in [0, 0.05) is 17.3 Å². The van der Waals surface area contributed by atoms with Crippen LogP contribution >= 0.6 is 11.3 Å². The van der Waals surface area contributed by atoms with E-state index < -0.39 is 0 Å². The van der Waals surface area contributed by atoms with Gasteiger partial charge >= 0.3 is 0 Å². The minimum Gasteiger partial charge on any atom is -0.352 e. The molecule has 2 fully saturated rings. The van der Waals surface area contributed by atoms with Crippen LogP contribution in [0.3, 0.4) is 0 Å². The Kier molecular flexibility index (Phi) is 4.15. The van der Waals surface area contributed by atoms with Gasteiger partial charge in [-0.2, -0.15) is 0 Å². The molecule has 0 radical (unpaired) electrons. The summed E-state index contributed by atoms with van der Waals surface area (Å²) in [6.45, 7) is 5.25. The molecular weight excluding hydrogens is 320 g/mol. The minimum atomic E-state index is 0.00597. The Labute approximate surface area is 147 Å². The second-order valence-electron chi connectivity index (χ2n) is 7.86. The average molecular weight is 346 g/mol. The van der Waals surface area contributed by atoms with Crippen LogP contribution in [-0.4, -0.2) is 18.4 Å². The van der Waals surface area contributed by atoms with Gasteiger partial charge < -0.3 is 10.6 Å². The van der Waals surface area contributed by atoms with Crippen LogP contribution in [0.15, 0.2) is 0 Å². The molecule has 4 rings (SSSR count). The maximum atomic E-state index is 12.9. The van der Waals surface area contributed by atoms with E-state index in [1.165, 1.54) is 23.3 Å². The van der Waals surface area contributed by atoms with Gasteiger partial charge in [-0.1, -0.05) is 13.8 Å². The molecule has 1 aromatic rings. The third-order valence-electron chi connectivity index (χ3n) is 5.82. The molecule has 2 saturated carbocycles. The van der Waals surface area contributed by atoms with Crippen molar-refractivity contribution in [2.24, 2.45) is 17.8 Å². The summed E-state index contributed by atoms with van der Waals surface area (Å²) in [5.74, 6) is 1.86. The van der Waals surface area contributed by atoms with Gasteiger partial charge in [-0.3, -0.25) is 9.59 Å². The van der Waals surface area contributed by atoms with E-state index in [-0.39, 0.29) is 17.7 Å². The van der Waals surface area contributed by atoms with Gasteiger partial charge in [0.25, 0.3) is 5.91 Å². The Balaban J connectivity index is 1.64. The standard InChI is InChI=1S/C19H26N2O2S/c1-10-3-8-14-15(11(10)2)16(18(23)20-9-12-4-5-12)19(24-14)21-17(22)13-6-7-13/h10-13H,3-9H2,1-2H3,(H,20,23)(H,21,22). The Morgan fingerprint density at radius 2 is 1.88 bits per heavy atom. The minimum absolute atomic E-state index is 0.00597. The molecular formula is C19H26N2O2S. The highest BCUT2D eigenvalue weighted by Gasteiger charge is 2.35. The topological polar surface area (TPSA) is 58.2 Å². The van der Waals surface area contributed by atoms with Gasteiger partial charge in [0.15, 0.2) is 0 Å². The Morgan fingerprint density at radius 1 is 1.12 bits per heavy atom. The van der Waals surface area contributed by atoms with Crippen LogP contribution in [0.5, 0.6) is 0 Å². The number of hydrogen-bond donors (Lipinski definition) is 2. The molecule has 0 saturated heterocycles. The number of fused-ring (bicyclic) bond motifs is 1. The summed E-state index contributed by atoms with van der Waals surface area (Å²) < 4.78 is 0. The molecule has 3 aliphatic carbocycles. The highest BCUT2D eigenvalue weighted by Crippen LogP contribution is 2.46. The smallest absolute Gasteiger partial charge is 0.254 e. The van der Waals surface area contributed by atoms with Gasteiger partial charge in [0.1, 0.15) is 5.00 Å². The fraction of sp³-hybridized carbons (Fsp3) is 0.684. The Morgan fingerprint density at radius 3 is 2.54 bits per heavy atom. The van der Waals surface area contributed by atoms with Gasteiger partial charge in [-0.15, -0.1) is 11.3 Å². The van der Waals surface area contributed by atoms with Crippen LogP contribution in [0.2, 0.25) is 0 Å². The maximum Gasteiger partial charge on any atom is 0.254 e. The van der Waals surface area contributed by atoms with E-state index in [1.807, 2.05) is 0 Å². The third-order valence-corrected chi connectivity index (χ3v) is 7.00. The van der Waals surface area contributed by atoms with E-state index in [1.54, 1.807) is 11.3 Å². The van der Waals surface area contributed by atoms with Crippen LogP contribution in [0, 0.1) is 17.8 Å². The second-order valence-corrected chi connectivity index (χ2v) is 8.97. The zero-order chi connectivity index (χ0) is 16.8. The van der Waals surface area contributed by atoms with Crippen molar-refractivity contribution >= 4 is 28.2 Å². The number of aryl methyl sites for hydroxylation is 1. The Bertz CT molecular complexity index is 673. The SMILES string of the molecule is CC1CCc2sc(NC(=O)C3CC3)c(C(=O)NCC3CC3)c2C1C. The van der Waals surface area contributed by atoms with E-state index in [0.29, 0.717) is 17.8 Å². The summed E-state index contributed by atoms with van der Waals surface area (Å²) in [5, 5.41) is 6.96. The van der Waals surface area contributed by atoms with Gasteiger partial charge in [-0.05, 0) is 61.8 Å². The molecule has 2 N–H and O–H groups in total. The van der Waals surface area contributed by atoms with Crippen molar-refractivity contribution < 1.29 is 9.59 Å². The van der Waals surface area contributed by atoms with E-state index >= 15 is 0 Å². The molecule has 130 valence electrons. The molecule has 0 bridgehead atoms. The highest BCUT2D eigenvalue weighted by molar-refractivity contribution is 7.17. The van der Waals surface area contributed by atoms with E-state index in [9.17, 15) is 9.59 Å². The monoisotopic (exact) mass is 346 g/mol. The number of carbonyl (C=O) groups excluding carboxylic acids is 2. The molecule has 1 aromatic heterocycles. The number of hydrogen-bond acceptors (Lipinski definition) is 3. The summed E-state index contributed by atoms with van der Waals surface area (Å²) in [5.41, 5.74) is 1.95. The molecule has 2 unspecified atom stereocenters. The second kappa shape index (κ2) is 6.17. The van der Waals surface area contributed by atoms with Crippen molar-refractivity contribution in [2.45, 2.75) is 58.3 Å². The van der Waals surface area contributed by atoms with Crippen molar-refractivity contribution in [3.05, 3.63) is 16.0 Å². The van der Waals surface area contributed by atoms with E-state index in [0.717, 1.165) is 42.8 Å². The predicted molar refractivity (Wildman–Crippen MR) is 96.6 cm³/mol. The number of nitrogens with one attached hydrogen (secondary N) is 2. The number of carbonyl (C=O) groups is 2. The first-order chi connectivity index (χ1) is 11.5. The van der Waals surface area contributed by atoms with Gasteiger partial charge in [0.05, 0.1) is 5.56 Å². The first-order valence-electron chi connectivity index (χ1n) is 9.29. The largest absolute Gasteiger partial charge is 0.352 e. The summed E-state index contributed by atoms with van der Waals surface area (Å²) in [6.07, 6.45) is 6.59. The molecule has 0 aromatic carbocycles. The van der Waals surface area contributed by atoms with Crippen LogP contribution < -0.4 is 10.6 Å². The Hall–Kier alpha value is -1.36. The summed E-state index contributed by atoms with van der Waals surface area (Å²) >= 11 is 1.63. The lowest BCUT2D eigenvalue weighted by atomic mass is 9.79. The lowest BCUT2D eigenvalue weighted by molar-refractivity contribution is -0.117. The third kappa shape index (κ3) is 3.10.